The molecule has 18 N–H and O–H groups in total. The van der Waals surface area contributed by atoms with Crippen LogP contribution in [0.15, 0.2) is 82.9 Å². The second-order valence-electron chi connectivity index (χ2n) is 36.8. The van der Waals surface area contributed by atoms with E-state index in [0.717, 1.165) is 67.4 Å². The lowest BCUT2D eigenvalue weighted by Crippen LogP contribution is -2.60. The van der Waals surface area contributed by atoms with E-state index in [0.29, 0.717) is 56.2 Å². The number of hydrogen-bond donors (Lipinski definition) is 16. The average Bonchev–Trinajstić information content (AvgIpc) is 0.755. The minimum Gasteiger partial charge on any atom is -0.445 e. The zero-order valence-corrected chi connectivity index (χ0v) is 76.9. The minimum atomic E-state index is -1.67. The van der Waals surface area contributed by atoms with Crippen molar-refractivity contribution in [3.8, 4) is 0 Å². The Labute approximate surface area is 769 Å². The Hall–Kier alpha value is -10.3. The normalized spacial score (nSPS) is 26.0. The van der Waals surface area contributed by atoms with E-state index in [1.807, 2.05) is 19.1 Å². The molecule has 2 heterocycles. The molecule has 1 saturated heterocycles. The van der Waals surface area contributed by atoms with E-state index in [1.165, 1.54) is 41.0 Å². The van der Waals surface area contributed by atoms with Crippen molar-refractivity contribution in [3.63, 3.8) is 0 Å². The smallest absolute Gasteiger partial charge is 0.408 e. The van der Waals surface area contributed by atoms with Crippen molar-refractivity contribution in [2.75, 3.05) is 103 Å². The van der Waals surface area contributed by atoms with Gasteiger partial charge < -0.3 is 113 Å². The maximum absolute atomic E-state index is 14.9. The highest BCUT2D eigenvalue weighted by Crippen LogP contribution is 2.60. The molecule has 3 saturated carbocycles. The molecule has 0 bridgehead atoms. The molecule has 4 fully saturated rings. The number of carbonyl (C=O) groups excluding carboxylic acids is 12. The van der Waals surface area contributed by atoms with Gasteiger partial charge in [0.2, 0.25) is 47.3 Å². The lowest BCUT2D eigenvalue weighted by Gasteiger charge is -2.56. The number of aryl methyl sites for hydroxylation is 3. The molecule has 726 valence electrons. The van der Waals surface area contributed by atoms with E-state index in [4.69, 9.17) is 44.7 Å². The van der Waals surface area contributed by atoms with E-state index >= 15 is 0 Å². The molecule has 10 rings (SSSR count). The molecule has 0 aromatic heterocycles. The molecule has 5 aliphatic carbocycles. The molecule has 132 heavy (non-hydrogen) atoms. The van der Waals surface area contributed by atoms with Crippen molar-refractivity contribution in [2.24, 2.45) is 50.3 Å². The SMILES string of the molecule is Cc1ccc2c(c1)[C@@]1(C)CCC[C@](C)(C(=O)NC(=O)[C@@]3(C)CCC[C@]4(C)c5cc(NC(=O)[C@H](CO)NC(=O)OCc6ccc(NC(=O)[C@H](CCCNC(N)=O)NC(=O)[C@@H](NC(=O)[C@@H](CCCCNC(=O)COC7CCCCCC(=N[C@@H]8O[C@H](CO)[C@H](O)[C@H](O)[C@H]8O)C7=NN)NC(=O)CCOCCOCCOCCOCCN7C(=O)C=CC7=O)C(C)C)cc6)ccc5CC[C@@H]34)[C@@H]1CC2. The maximum atomic E-state index is 14.9. The number of aliphatic hydroxyl groups excluding tert-OH is 5. The van der Waals surface area contributed by atoms with Gasteiger partial charge in [-0.05, 0) is 190 Å². The van der Waals surface area contributed by atoms with Gasteiger partial charge in [0.25, 0.3) is 11.8 Å². The fourth-order valence-electron chi connectivity index (χ4n) is 19.8. The molecular weight excluding hydrogens is 1710 g/mol. The van der Waals surface area contributed by atoms with Gasteiger partial charge in [0, 0.05) is 43.0 Å². The summed E-state index contributed by atoms with van der Waals surface area (Å²) < 4.78 is 39.4. The molecule has 16 atom stereocenters. The van der Waals surface area contributed by atoms with Crippen LogP contribution in [-0.4, -0.2) is 266 Å². The first-order chi connectivity index (χ1) is 63.1. The number of fused-ring (bicyclic) bond motifs is 6. The Kier molecular flexibility index (Phi) is 38.6. The van der Waals surface area contributed by atoms with E-state index in [9.17, 15) is 83.1 Å². The third-order valence-electron chi connectivity index (χ3n) is 27.2. The number of aliphatic imine (C=N–C) groups is 1. The summed E-state index contributed by atoms with van der Waals surface area (Å²) in [5.74, 6) is -0.0406. The van der Waals surface area contributed by atoms with Crippen LogP contribution >= 0.6 is 0 Å². The van der Waals surface area contributed by atoms with Crippen LogP contribution in [0.1, 0.15) is 197 Å². The number of imide groups is 2. The zero-order chi connectivity index (χ0) is 95.5. The Balaban J connectivity index is 0.702. The summed E-state index contributed by atoms with van der Waals surface area (Å²) in [6.07, 6.45) is 4.13. The lowest BCUT2D eigenvalue weighted by atomic mass is 9.49. The van der Waals surface area contributed by atoms with Crippen molar-refractivity contribution in [1.29, 1.82) is 0 Å². The third-order valence-corrected chi connectivity index (χ3v) is 27.2. The fourth-order valence-corrected chi connectivity index (χ4v) is 19.8. The van der Waals surface area contributed by atoms with Crippen LogP contribution in [0.3, 0.4) is 0 Å². The Morgan fingerprint density at radius 1 is 0.583 bits per heavy atom. The molecule has 3 aromatic carbocycles. The summed E-state index contributed by atoms with van der Waals surface area (Å²) in [6.45, 7) is 13.3. The quantitative estimate of drug-likeness (QED) is 0.0166. The standard InChI is InChI=1S/C94H136N14O24/c1-56(2)77(105-83(119)66(101-73(111)34-42-126-44-46-128-48-49-129-47-45-127-43-41-108-75(113)32-33-76(108)114)17-11-12-39-97-74(112)55-130-69-19-10-8-9-16-65(78(69)107-96)103-86-81(117)80(116)79(115)70(53-110)132-86)85(121)102-67(18-13-40-98-89(95)124)82(118)99-61-27-21-58(22-28-61)54-131-90(125)104-68(52-109)84(120)100-62-29-24-60-26-31-72-92(5,64(60)51-62)36-15-38-94(72,7)88(123)106-87(122)93(6)37-14-35-91(4)63-50-57(3)20-23-59(63)25-30-71(91)93/h20-24,27-29,32-33,50-51,56,66-72,77,79-81,86,109-110,115-117H,8-19,25-26,30-31,34-49,52-55,96H2,1-7H3,(H,97,112)(H,99,118)(H,100,120)(H,101,111)(H,102,121)(H,104,125)(H,105,119)(H3,95,98,124)(H,106,122,123)/t66-,67+,68+,69?,70-,71-,72-,77+,79+,80+,81-,86-,91-,92-,93+,94+/m1/s1. The third kappa shape index (κ3) is 27.3. The van der Waals surface area contributed by atoms with Crippen LogP contribution < -0.4 is 59.4 Å². The van der Waals surface area contributed by atoms with E-state index in [-0.39, 0.29) is 164 Å². The van der Waals surface area contributed by atoms with Crippen LogP contribution in [0.25, 0.3) is 0 Å². The van der Waals surface area contributed by atoms with Gasteiger partial charge in [-0.2, -0.15) is 5.10 Å². The van der Waals surface area contributed by atoms with E-state index in [2.05, 4.69) is 104 Å². The summed E-state index contributed by atoms with van der Waals surface area (Å²) in [7, 11) is 0. The number of unbranched alkanes of at least 4 members (excludes halogenated alkanes) is 1. The Bertz CT molecular complexity index is 4590. The number of ether oxygens (including phenoxy) is 7. The summed E-state index contributed by atoms with van der Waals surface area (Å²) in [6, 6.07) is 12.4. The van der Waals surface area contributed by atoms with E-state index in [1.54, 1.807) is 32.0 Å². The number of amides is 13. The molecule has 1 unspecified atom stereocenters. The van der Waals surface area contributed by atoms with Gasteiger partial charge in [-0.25, -0.2) is 9.59 Å². The van der Waals surface area contributed by atoms with Crippen molar-refractivity contribution >= 4 is 94.0 Å². The second-order valence-corrected chi connectivity index (χ2v) is 36.8. The number of urea groups is 1. The molecule has 38 heteroatoms. The van der Waals surface area contributed by atoms with Crippen molar-refractivity contribution in [3.05, 3.63) is 106 Å². The number of nitrogens with one attached hydrogen (secondary N) is 9. The number of hydrogen-bond acceptors (Lipinski definition) is 27. The average molecular weight is 1850 g/mol. The van der Waals surface area contributed by atoms with Crippen LogP contribution in [0, 0.1) is 35.5 Å². The van der Waals surface area contributed by atoms with Gasteiger partial charge in [-0.15, -0.1) is 0 Å². The predicted molar refractivity (Wildman–Crippen MR) is 485 cm³/mol. The Morgan fingerprint density at radius 3 is 1.77 bits per heavy atom. The fraction of sp³-hybridized carbons (Fsp3) is 0.638. The van der Waals surface area contributed by atoms with Crippen LogP contribution in [0.5, 0.6) is 0 Å². The van der Waals surface area contributed by atoms with Gasteiger partial charge in [-0.3, -0.25) is 63.2 Å². The molecule has 0 spiro atoms. The number of nitrogens with two attached hydrogens (primary N) is 2. The molecule has 13 amide bonds. The predicted octanol–water partition coefficient (Wildman–Crippen LogP) is 3.65. The number of primary amides is 1. The topological polar surface area (TPSA) is 559 Å². The highest BCUT2D eigenvalue weighted by atomic mass is 16.6. The number of nitrogens with zero attached hydrogens (tertiary/aromatic N) is 3. The molecule has 7 aliphatic rings. The number of aliphatic hydroxyl groups is 5. The number of rotatable bonds is 45. The number of carbonyl (C=O) groups is 12. The number of hydrazone groups is 1. The van der Waals surface area contributed by atoms with Crippen molar-refractivity contribution < 1.29 is 116 Å². The first-order valence-corrected chi connectivity index (χ1v) is 46.3. The van der Waals surface area contributed by atoms with Gasteiger partial charge >= 0.3 is 12.1 Å². The first kappa shape index (κ1) is 104. The van der Waals surface area contributed by atoms with Crippen molar-refractivity contribution in [1.82, 2.24) is 42.1 Å². The van der Waals surface area contributed by atoms with Crippen LogP contribution in [-0.2, 0) is 111 Å². The monoisotopic (exact) mass is 1840 g/mol. The van der Waals surface area contributed by atoms with Gasteiger partial charge in [0.05, 0.1) is 89.2 Å². The van der Waals surface area contributed by atoms with Gasteiger partial charge in [-0.1, -0.05) is 109 Å². The molecule has 2 aliphatic heterocycles. The second kappa shape index (κ2) is 49.1. The van der Waals surface area contributed by atoms with Crippen LogP contribution in [0.2, 0.25) is 0 Å². The van der Waals surface area contributed by atoms with Gasteiger partial charge in [0.1, 0.15) is 73.6 Å². The zero-order valence-electron chi connectivity index (χ0n) is 76.9. The highest BCUT2D eigenvalue weighted by molar-refractivity contribution is 6.44. The number of alkyl carbamates (subject to hydrolysis) is 1. The number of anilines is 2. The molecule has 3 aromatic rings. The molecule has 0 radical (unpaired) electrons. The molecule has 38 nitrogen and oxygen atoms in total. The summed E-state index contributed by atoms with van der Waals surface area (Å²) in [5.41, 5.74) is 10.6. The van der Waals surface area contributed by atoms with Crippen LogP contribution in [0.4, 0.5) is 21.0 Å². The highest BCUT2D eigenvalue weighted by Gasteiger charge is 2.59. The summed E-state index contributed by atoms with van der Waals surface area (Å²) >= 11 is 0. The number of benzene rings is 3. The maximum Gasteiger partial charge on any atom is 0.408 e. The summed E-state index contributed by atoms with van der Waals surface area (Å²) in [5, 5.41) is 80.3. The first-order valence-electron chi connectivity index (χ1n) is 46.3. The Morgan fingerprint density at radius 2 is 1.16 bits per heavy atom. The largest absolute Gasteiger partial charge is 0.445 e. The summed E-state index contributed by atoms with van der Waals surface area (Å²) in [4.78, 5) is 168. The lowest BCUT2D eigenvalue weighted by molar-refractivity contribution is -0.226. The van der Waals surface area contributed by atoms with Crippen molar-refractivity contribution in [2.45, 2.75) is 262 Å². The minimum absolute atomic E-state index is 0.0131. The molecular formula is C94H136N14O24. The van der Waals surface area contributed by atoms with E-state index < -0.39 is 162 Å². The van der Waals surface area contributed by atoms with Gasteiger partial charge in [0.15, 0.2) is 6.23 Å².